The number of carbonyl (C=O) groups excluding carboxylic acids is 7. The highest BCUT2D eigenvalue weighted by molar-refractivity contribution is 6.24. The van der Waals surface area contributed by atoms with E-state index < -0.39 is 42.2 Å². The summed E-state index contributed by atoms with van der Waals surface area (Å²) in [4.78, 5) is 103. The lowest BCUT2D eigenvalue weighted by Gasteiger charge is -2.28. The van der Waals surface area contributed by atoms with Crippen molar-refractivity contribution in [1.82, 2.24) is 41.1 Å². The maximum atomic E-state index is 13.5. The molecule has 2 saturated carbocycles. The molecule has 0 bridgehead atoms. The monoisotopic (exact) mass is 830 g/mol. The first-order chi connectivity index (χ1) is 29.6. The summed E-state index contributed by atoms with van der Waals surface area (Å²) in [6.45, 7) is 0.377. The molecule has 7 amide bonds. The number of rotatable bonds is 16. The van der Waals surface area contributed by atoms with E-state index in [1.165, 1.54) is 18.2 Å². The molecular weight excluding hydrogens is 785 g/mol. The second-order valence-corrected chi connectivity index (χ2v) is 15.7. The van der Waals surface area contributed by atoms with Crippen LogP contribution in [0.1, 0.15) is 95.3 Å². The number of amides is 7. The van der Waals surface area contributed by atoms with Crippen LogP contribution in [0.15, 0.2) is 61.1 Å². The van der Waals surface area contributed by atoms with Crippen LogP contribution in [0.2, 0.25) is 0 Å². The molecule has 0 spiro atoms. The summed E-state index contributed by atoms with van der Waals surface area (Å²) in [6.07, 6.45) is 11.0. The van der Waals surface area contributed by atoms with E-state index in [2.05, 4.69) is 46.9 Å². The molecule has 61 heavy (non-hydrogen) atoms. The Morgan fingerprint density at radius 3 is 2.41 bits per heavy atom. The maximum absolute atomic E-state index is 13.5. The zero-order chi connectivity index (χ0) is 42.5. The van der Waals surface area contributed by atoms with Gasteiger partial charge in [-0.25, -0.2) is 9.97 Å². The van der Waals surface area contributed by atoms with E-state index in [0.717, 1.165) is 28.6 Å². The normalized spacial score (nSPS) is 19.8. The third kappa shape index (κ3) is 9.58. The molecule has 3 aromatic heterocycles. The molecule has 316 valence electrons. The molecule has 3 fully saturated rings. The fourth-order valence-corrected chi connectivity index (χ4v) is 7.83. The Labute approximate surface area is 350 Å². The van der Waals surface area contributed by atoms with Crippen molar-refractivity contribution in [3.05, 3.63) is 77.7 Å². The molecule has 8 rings (SSSR count). The first kappa shape index (κ1) is 40.8. The van der Waals surface area contributed by atoms with E-state index >= 15 is 0 Å². The Balaban J connectivity index is 0.728. The topological polar surface area (TPSA) is 243 Å². The van der Waals surface area contributed by atoms with Crippen molar-refractivity contribution in [2.75, 3.05) is 30.3 Å². The number of nitrogens with zero attached hydrogens (tertiary/aromatic N) is 4. The summed E-state index contributed by atoms with van der Waals surface area (Å²) >= 11 is 0. The highest BCUT2D eigenvalue weighted by Crippen LogP contribution is 2.34. The Morgan fingerprint density at radius 1 is 0.836 bits per heavy atom. The van der Waals surface area contributed by atoms with Gasteiger partial charge in [-0.05, 0) is 88.1 Å². The number of hydrogen-bond donors (Lipinski definition) is 6. The van der Waals surface area contributed by atoms with Crippen molar-refractivity contribution in [1.29, 1.82) is 0 Å². The summed E-state index contributed by atoms with van der Waals surface area (Å²) in [6, 6.07) is 11.1. The lowest BCUT2D eigenvalue weighted by atomic mass is 9.85. The third-order valence-electron chi connectivity index (χ3n) is 11.3. The minimum Gasteiger partial charge on any atom is -0.483 e. The summed E-state index contributed by atoms with van der Waals surface area (Å²) in [5, 5.41) is 18.7. The molecule has 1 aromatic carbocycles. The number of piperidine rings is 1. The fraction of sp³-hybridized carbons (Fsp3) is 0.395. The van der Waals surface area contributed by atoms with Crippen molar-refractivity contribution in [2.24, 2.45) is 5.92 Å². The van der Waals surface area contributed by atoms with E-state index in [9.17, 15) is 33.6 Å². The standard InChI is InChI=1S/C43H46N10O8/c54-36-15-13-32(41(58)52-36)53-42(59)28-4-3-5-33(38(28)43(53)60)61-23-37(55)45-17-1-2-18-46-39(56)24-6-9-27(10-7-24)49-40(57)29-22-47-35(20-31(29)48-26-11-12-26)51-34-14-8-25-21-44-19-16-30(25)50-34/h3-5,8,14,16,19-22,24,26-27,32H,1-2,6-7,9-13,15,17-18,23H2,(H,45,55)(H,46,56)(H,49,57)(H,52,54,58)(H2,47,48,50,51)/t24-,27-,32?. The first-order valence-electron chi connectivity index (χ1n) is 20.7. The van der Waals surface area contributed by atoms with Gasteiger partial charge in [0.2, 0.25) is 17.7 Å². The van der Waals surface area contributed by atoms with Crippen LogP contribution < -0.4 is 36.6 Å². The number of hydrogen-bond acceptors (Lipinski definition) is 13. The Bertz CT molecular complexity index is 2400. The summed E-state index contributed by atoms with van der Waals surface area (Å²) < 4.78 is 5.63. The zero-order valence-electron chi connectivity index (χ0n) is 33.3. The highest BCUT2D eigenvalue weighted by atomic mass is 16.5. The highest BCUT2D eigenvalue weighted by Gasteiger charge is 2.46. The van der Waals surface area contributed by atoms with Crippen molar-refractivity contribution in [3.63, 3.8) is 0 Å². The maximum Gasteiger partial charge on any atom is 0.266 e. The Morgan fingerprint density at radius 2 is 1.62 bits per heavy atom. The fourth-order valence-electron chi connectivity index (χ4n) is 7.83. The van der Waals surface area contributed by atoms with Crippen LogP contribution in [-0.4, -0.2) is 99.0 Å². The third-order valence-corrected chi connectivity index (χ3v) is 11.3. The second-order valence-electron chi connectivity index (χ2n) is 15.7. The number of fused-ring (bicyclic) bond motifs is 2. The van der Waals surface area contributed by atoms with Crippen molar-refractivity contribution in [3.8, 4) is 5.75 Å². The van der Waals surface area contributed by atoms with Crippen molar-refractivity contribution < 1.29 is 38.3 Å². The van der Waals surface area contributed by atoms with Gasteiger partial charge in [0.25, 0.3) is 23.6 Å². The Kier molecular flexibility index (Phi) is 12.1. The van der Waals surface area contributed by atoms with Crippen LogP contribution in [-0.2, 0) is 19.2 Å². The smallest absolute Gasteiger partial charge is 0.266 e. The van der Waals surface area contributed by atoms with Gasteiger partial charge in [0, 0.05) is 67.6 Å². The Hall–Kier alpha value is -6.98. The SMILES string of the molecule is O=C(COc1cccc2c1C(=O)N(C1CCC(=O)NC1=O)C2=O)NCCCCNC(=O)[C@H]1CC[C@H](NC(=O)c2cnc(Nc3ccc4cnccc4n3)cc2NC2CC2)CC1. The van der Waals surface area contributed by atoms with E-state index in [4.69, 9.17) is 4.74 Å². The van der Waals surface area contributed by atoms with E-state index in [1.807, 2.05) is 24.3 Å². The van der Waals surface area contributed by atoms with Gasteiger partial charge in [-0.15, -0.1) is 0 Å². The number of imide groups is 2. The molecular formula is C43H46N10O8. The molecule has 2 aliphatic heterocycles. The lowest BCUT2D eigenvalue weighted by molar-refractivity contribution is -0.136. The van der Waals surface area contributed by atoms with Crippen LogP contribution in [0.5, 0.6) is 5.75 Å². The minimum atomic E-state index is -1.11. The van der Waals surface area contributed by atoms with E-state index in [1.54, 1.807) is 18.6 Å². The van der Waals surface area contributed by atoms with Crippen LogP contribution in [0.3, 0.4) is 0 Å². The van der Waals surface area contributed by atoms with Gasteiger partial charge in [0.05, 0.1) is 27.9 Å². The molecule has 4 aromatic rings. The molecule has 6 N–H and O–H groups in total. The van der Waals surface area contributed by atoms with Crippen molar-refractivity contribution in [2.45, 2.75) is 82.3 Å². The molecule has 2 aliphatic carbocycles. The van der Waals surface area contributed by atoms with E-state index in [0.29, 0.717) is 80.5 Å². The average Bonchev–Trinajstić information content (AvgIpc) is 4.04. The van der Waals surface area contributed by atoms with Gasteiger partial charge in [-0.3, -0.25) is 48.8 Å². The van der Waals surface area contributed by atoms with Crippen LogP contribution in [0, 0.1) is 5.92 Å². The largest absolute Gasteiger partial charge is 0.483 e. The number of pyridine rings is 3. The molecule has 18 heteroatoms. The predicted octanol–water partition coefficient (Wildman–Crippen LogP) is 3.12. The van der Waals surface area contributed by atoms with Crippen LogP contribution in [0.25, 0.3) is 10.9 Å². The summed E-state index contributed by atoms with van der Waals surface area (Å²) in [7, 11) is 0. The molecule has 5 heterocycles. The predicted molar refractivity (Wildman–Crippen MR) is 221 cm³/mol. The molecule has 18 nitrogen and oxygen atoms in total. The quantitative estimate of drug-likeness (QED) is 0.0704. The number of carbonyl (C=O) groups is 7. The molecule has 1 unspecified atom stereocenters. The molecule has 0 radical (unpaired) electrons. The molecule has 1 saturated heterocycles. The number of benzene rings is 1. The average molecular weight is 831 g/mol. The van der Waals surface area contributed by atoms with Gasteiger partial charge in [0.1, 0.15) is 23.4 Å². The van der Waals surface area contributed by atoms with Crippen LogP contribution >= 0.6 is 0 Å². The summed E-state index contributed by atoms with van der Waals surface area (Å²) in [5.41, 5.74) is 2.01. The van der Waals surface area contributed by atoms with Gasteiger partial charge in [-0.1, -0.05) is 6.07 Å². The minimum absolute atomic E-state index is 0.00340. The molecule has 4 aliphatic rings. The number of anilines is 3. The van der Waals surface area contributed by atoms with Gasteiger partial charge >= 0.3 is 0 Å². The number of unbranched alkanes of at least 4 members (excludes halogenated alkanes) is 1. The zero-order valence-corrected chi connectivity index (χ0v) is 33.3. The van der Waals surface area contributed by atoms with Gasteiger partial charge in [0.15, 0.2) is 6.61 Å². The second kappa shape index (κ2) is 18.1. The van der Waals surface area contributed by atoms with Gasteiger partial charge < -0.3 is 31.3 Å². The first-order valence-corrected chi connectivity index (χ1v) is 20.7. The van der Waals surface area contributed by atoms with Crippen molar-refractivity contribution >= 4 is 69.6 Å². The lowest BCUT2D eigenvalue weighted by Crippen LogP contribution is -2.54. The number of nitrogens with one attached hydrogen (secondary N) is 6. The summed E-state index contributed by atoms with van der Waals surface area (Å²) in [5.74, 6) is -2.14. The number of ether oxygens (including phenoxy) is 1. The van der Waals surface area contributed by atoms with E-state index in [-0.39, 0.29) is 53.5 Å². The van der Waals surface area contributed by atoms with Gasteiger partial charge in [-0.2, -0.15) is 0 Å². The van der Waals surface area contributed by atoms with Crippen LogP contribution in [0.4, 0.5) is 17.3 Å². The molecule has 1 atom stereocenters. The number of aromatic nitrogens is 3.